The molecular weight excluding hydrogens is 396 g/mol. The van der Waals surface area contributed by atoms with Gasteiger partial charge in [-0.2, -0.15) is 0 Å². The number of anilines is 1. The molecule has 1 unspecified atom stereocenters. The second kappa shape index (κ2) is 7.92. The van der Waals surface area contributed by atoms with Crippen molar-refractivity contribution in [3.63, 3.8) is 0 Å². The molecule has 1 atom stereocenters. The number of rotatable bonds is 5. The topological polar surface area (TPSA) is 108 Å². The highest BCUT2D eigenvalue weighted by atomic mass is 35.5. The zero-order chi connectivity index (χ0) is 21.2. The van der Waals surface area contributed by atoms with E-state index in [0.717, 1.165) is 4.90 Å². The van der Waals surface area contributed by atoms with Gasteiger partial charge in [-0.3, -0.25) is 19.3 Å². The summed E-state index contributed by atoms with van der Waals surface area (Å²) in [5, 5.41) is 8.05. The summed E-state index contributed by atoms with van der Waals surface area (Å²) in [4.78, 5) is 50.0. The number of amides is 5. The number of benzene rings is 2. The lowest BCUT2D eigenvalue weighted by molar-refractivity contribution is -0.133. The van der Waals surface area contributed by atoms with Crippen LogP contribution < -0.4 is 16.0 Å². The van der Waals surface area contributed by atoms with E-state index in [2.05, 4.69) is 16.0 Å². The highest BCUT2D eigenvalue weighted by Gasteiger charge is 2.50. The number of nitrogens with zero attached hydrogens (tertiary/aromatic N) is 1. The maximum absolute atomic E-state index is 12.9. The average molecular weight is 415 g/mol. The third kappa shape index (κ3) is 3.93. The van der Waals surface area contributed by atoms with Gasteiger partial charge in [-0.25, -0.2) is 4.79 Å². The largest absolute Gasteiger partial charge is 0.355 e. The Hall–Kier alpha value is -3.39. The molecular formula is C20H19ClN4O4. The van der Waals surface area contributed by atoms with Crippen LogP contribution >= 0.6 is 11.6 Å². The van der Waals surface area contributed by atoms with Gasteiger partial charge in [0.05, 0.1) is 0 Å². The Kier molecular flexibility index (Phi) is 5.56. The zero-order valence-corrected chi connectivity index (χ0v) is 16.5. The van der Waals surface area contributed by atoms with Crippen molar-refractivity contribution >= 4 is 41.0 Å². The zero-order valence-electron chi connectivity index (χ0n) is 15.8. The van der Waals surface area contributed by atoms with Crippen LogP contribution in [-0.2, 0) is 15.1 Å². The van der Waals surface area contributed by atoms with E-state index in [9.17, 15) is 19.2 Å². The van der Waals surface area contributed by atoms with Gasteiger partial charge in [-0.15, -0.1) is 0 Å². The number of nitrogens with one attached hydrogen (secondary N) is 3. The number of hydrogen-bond donors (Lipinski definition) is 3. The fourth-order valence-electron chi connectivity index (χ4n) is 3.08. The Labute approximate surface area is 172 Å². The normalized spacial score (nSPS) is 18.4. The van der Waals surface area contributed by atoms with Gasteiger partial charge >= 0.3 is 6.03 Å². The van der Waals surface area contributed by atoms with Gasteiger partial charge in [-0.05, 0) is 37.3 Å². The Morgan fingerprint density at radius 1 is 1.10 bits per heavy atom. The van der Waals surface area contributed by atoms with Crippen LogP contribution in [0, 0.1) is 0 Å². The average Bonchev–Trinajstić information content (AvgIpc) is 2.92. The van der Waals surface area contributed by atoms with E-state index in [4.69, 9.17) is 11.6 Å². The molecule has 1 aliphatic rings. The first-order valence-corrected chi connectivity index (χ1v) is 9.15. The standard InChI is InChI=1S/C20H19ClN4O4/c1-20(14-5-3-4-6-15(14)21)18(28)25(19(29)24-20)11-16(26)23-13-9-7-12(8-10-13)17(27)22-2/h3-10H,11H2,1-2H3,(H,22,27)(H,23,26)(H,24,29). The molecule has 5 amide bonds. The van der Waals surface area contributed by atoms with Crippen molar-refractivity contribution in [2.24, 2.45) is 0 Å². The minimum absolute atomic E-state index is 0.249. The van der Waals surface area contributed by atoms with Gasteiger partial charge in [0.1, 0.15) is 12.1 Å². The van der Waals surface area contributed by atoms with Gasteiger partial charge in [0.2, 0.25) is 5.91 Å². The van der Waals surface area contributed by atoms with Crippen molar-refractivity contribution in [3.05, 3.63) is 64.7 Å². The molecule has 0 saturated carbocycles. The number of imide groups is 1. The third-order valence-electron chi connectivity index (χ3n) is 4.65. The molecule has 2 aromatic carbocycles. The first kappa shape index (κ1) is 20.3. The molecule has 150 valence electrons. The van der Waals surface area contributed by atoms with Crippen LogP contribution in [0.1, 0.15) is 22.8 Å². The highest BCUT2D eigenvalue weighted by Crippen LogP contribution is 2.33. The van der Waals surface area contributed by atoms with Crippen molar-refractivity contribution in [2.45, 2.75) is 12.5 Å². The van der Waals surface area contributed by atoms with Crippen LogP contribution in [0.2, 0.25) is 5.02 Å². The molecule has 29 heavy (non-hydrogen) atoms. The number of halogens is 1. The summed E-state index contributed by atoms with van der Waals surface area (Å²) in [6, 6.07) is 12.2. The number of hydrogen-bond acceptors (Lipinski definition) is 4. The first-order valence-electron chi connectivity index (χ1n) is 8.77. The van der Waals surface area contributed by atoms with Gasteiger partial charge in [0.25, 0.3) is 11.8 Å². The van der Waals surface area contributed by atoms with Crippen molar-refractivity contribution < 1.29 is 19.2 Å². The minimum Gasteiger partial charge on any atom is -0.355 e. The van der Waals surface area contributed by atoms with E-state index in [1.54, 1.807) is 55.5 Å². The van der Waals surface area contributed by atoms with Crippen molar-refractivity contribution in [2.75, 3.05) is 18.9 Å². The summed E-state index contributed by atoms with van der Waals surface area (Å²) in [5.41, 5.74) is -0.0309. The van der Waals surface area contributed by atoms with Crippen LogP contribution in [-0.4, -0.2) is 42.2 Å². The monoisotopic (exact) mass is 414 g/mol. The van der Waals surface area contributed by atoms with Crippen molar-refractivity contribution in [1.29, 1.82) is 0 Å². The van der Waals surface area contributed by atoms with Gasteiger partial charge in [0, 0.05) is 28.9 Å². The molecule has 1 heterocycles. The Bertz CT molecular complexity index is 992. The number of urea groups is 1. The third-order valence-corrected chi connectivity index (χ3v) is 4.98. The lowest BCUT2D eigenvalue weighted by Crippen LogP contribution is -2.42. The summed E-state index contributed by atoms with van der Waals surface area (Å²) in [6.45, 7) is 1.09. The summed E-state index contributed by atoms with van der Waals surface area (Å²) >= 11 is 6.18. The molecule has 8 nitrogen and oxygen atoms in total. The second-order valence-electron chi connectivity index (χ2n) is 6.63. The molecule has 0 aromatic heterocycles. The fraction of sp³-hybridized carbons (Fsp3) is 0.200. The lowest BCUT2D eigenvalue weighted by Gasteiger charge is -2.23. The molecule has 0 bridgehead atoms. The molecule has 9 heteroatoms. The number of carbonyl (C=O) groups is 4. The van der Waals surface area contributed by atoms with Crippen LogP contribution in [0.4, 0.5) is 10.5 Å². The molecule has 2 aromatic rings. The van der Waals surface area contributed by atoms with E-state index < -0.39 is 29.9 Å². The van der Waals surface area contributed by atoms with E-state index >= 15 is 0 Å². The molecule has 1 aliphatic heterocycles. The Morgan fingerprint density at radius 3 is 2.38 bits per heavy atom. The summed E-state index contributed by atoms with van der Waals surface area (Å²) in [7, 11) is 1.52. The maximum atomic E-state index is 12.9. The highest BCUT2D eigenvalue weighted by molar-refractivity contribution is 6.32. The van der Waals surface area contributed by atoms with Gasteiger partial charge < -0.3 is 16.0 Å². The van der Waals surface area contributed by atoms with Crippen LogP contribution in [0.3, 0.4) is 0 Å². The van der Waals surface area contributed by atoms with Crippen LogP contribution in [0.5, 0.6) is 0 Å². The Balaban J connectivity index is 1.71. The molecule has 0 aliphatic carbocycles. The molecule has 1 fully saturated rings. The summed E-state index contributed by atoms with van der Waals surface area (Å²) < 4.78 is 0. The van der Waals surface area contributed by atoms with Gasteiger partial charge in [-0.1, -0.05) is 29.8 Å². The lowest BCUT2D eigenvalue weighted by atomic mass is 9.92. The fourth-order valence-corrected chi connectivity index (χ4v) is 3.41. The van der Waals surface area contributed by atoms with Crippen molar-refractivity contribution in [3.8, 4) is 0 Å². The van der Waals surface area contributed by atoms with E-state index in [1.807, 2.05) is 0 Å². The predicted octanol–water partition coefficient (Wildman–Crippen LogP) is 2.11. The maximum Gasteiger partial charge on any atom is 0.325 e. The SMILES string of the molecule is CNC(=O)c1ccc(NC(=O)CN2C(=O)NC(C)(c3ccccc3Cl)C2=O)cc1. The van der Waals surface area contributed by atoms with Crippen LogP contribution in [0.15, 0.2) is 48.5 Å². The summed E-state index contributed by atoms with van der Waals surface area (Å²) in [6.07, 6.45) is 0. The quantitative estimate of drug-likeness (QED) is 0.651. The van der Waals surface area contributed by atoms with E-state index in [0.29, 0.717) is 21.8 Å². The van der Waals surface area contributed by atoms with Gasteiger partial charge in [0.15, 0.2) is 0 Å². The minimum atomic E-state index is -1.36. The number of carbonyl (C=O) groups excluding carboxylic acids is 4. The summed E-state index contributed by atoms with van der Waals surface area (Å²) in [5.74, 6) is -1.37. The van der Waals surface area contributed by atoms with Crippen LogP contribution in [0.25, 0.3) is 0 Å². The molecule has 0 radical (unpaired) electrons. The van der Waals surface area contributed by atoms with E-state index in [-0.39, 0.29) is 5.91 Å². The molecule has 3 N–H and O–H groups in total. The second-order valence-corrected chi connectivity index (χ2v) is 7.04. The molecule has 0 spiro atoms. The van der Waals surface area contributed by atoms with E-state index in [1.165, 1.54) is 7.05 Å². The molecule has 3 rings (SSSR count). The van der Waals surface area contributed by atoms with Crippen molar-refractivity contribution in [1.82, 2.24) is 15.5 Å². The Morgan fingerprint density at radius 2 is 1.76 bits per heavy atom. The smallest absolute Gasteiger partial charge is 0.325 e. The first-order chi connectivity index (χ1) is 13.8. The predicted molar refractivity (Wildman–Crippen MR) is 108 cm³/mol. The molecule has 1 saturated heterocycles.